The van der Waals surface area contributed by atoms with E-state index in [1.165, 1.54) is 5.52 Å². The molecule has 0 bridgehead atoms. The van der Waals surface area contributed by atoms with E-state index in [1.807, 2.05) is 30.8 Å². The molecular formula is C12H17N3S. The molecule has 1 unspecified atom stereocenters. The van der Waals surface area contributed by atoms with Gasteiger partial charge in [0.2, 0.25) is 0 Å². The fourth-order valence-corrected chi connectivity index (χ4v) is 2.74. The number of thioether (sulfide) groups is 1. The topological polar surface area (TPSA) is 43.8 Å². The molecule has 0 fully saturated rings. The normalized spacial score (nSPS) is 13.2. The molecule has 2 rings (SSSR count). The first-order chi connectivity index (χ1) is 7.63. The number of hydrogen-bond donors (Lipinski definition) is 1. The Morgan fingerprint density at radius 3 is 2.94 bits per heavy atom. The minimum absolute atomic E-state index is 0.462. The maximum absolute atomic E-state index is 5.76. The summed E-state index contributed by atoms with van der Waals surface area (Å²) in [5.74, 6) is 2.15. The molecule has 0 radical (unpaired) electrons. The van der Waals surface area contributed by atoms with Gasteiger partial charge in [-0.3, -0.25) is 0 Å². The lowest BCUT2D eigenvalue weighted by atomic mass is 10.2. The number of anilines is 1. The number of benzene rings is 1. The Kier molecular flexibility index (Phi) is 3.10. The minimum Gasteiger partial charge on any atom is -0.399 e. The lowest BCUT2D eigenvalue weighted by Gasteiger charge is -2.15. The zero-order valence-electron chi connectivity index (χ0n) is 9.90. The minimum atomic E-state index is 0.462. The van der Waals surface area contributed by atoms with Crippen molar-refractivity contribution in [2.45, 2.75) is 19.9 Å². The van der Waals surface area contributed by atoms with Gasteiger partial charge in [0.1, 0.15) is 5.82 Å². The average molecular weight is 235 g/mol. The molecule has 2 N–H and O–H groups in total. The molecule has 0 saturated heterocycles. The summed E-state index contributed by atoms with van der Waals surface area (Å²) in [4.78, 5) is 4.55. The van der Waals surface area contributed by atoms with Crippen LogP contribution < -0.4 is 5.73 Å². The molecular weight excluding hydrogens is 218 g/mol. The molecule has 0 amide bonds. The number of nitrogen functional groups attached to an aromatic ring is 1. The van der Waals surface area contributed by atoms with Crippen LogP contribution >= 0.6 is 11.8 Å². The smallest absolute Gasteiger partial charge is 0.106 e. The second kappa shape index (κ2) is 4.37. The first-order valence-corrected chi connectivity index (χ1v) is 6.76. The quantitative estimate of drug-likeness (QED) is 0.832. The molecule has 1 aromatic carbocycles. The Morgan fingerprint density at radius 1 is 1.50 bits per heavy atom. The Bertz CT molecular complexity index is 504. The first-order valence-electron chi connectivity index (χ1n) is 5.36. The second-order valence-electron chi connectivity index (χ2n) is 4.08. The Morgan fingerprint density at radius 2 is 2.25 bits per heavy atom. The van der Waals surface area contributed by atoms with E-state index < -0.39 is 0 Å². The second-order valence-corrected chi connectivity index (χ2v) is 4.99. The Balaban J connectivity index is 2.55. The van der Waals surface area contributed by atoms with Crippen LogP contribution in [0.4, 0.5) is 5.69 Å². The van der Waals surface area contributed by atoms with Crippen LogP contribution in [0.3, 0.4) is 0 Å². The van der Waals surface area contributed by atoms with Gasteiger partial charge in [-0.25, -0.2) is 4.98 Å². The molecule has 0 aliphatic heterocycles. The molecule has 86 valence electrons. The highest BCUT2D eigenvalue weighted by atomic mass is 32.2. The summed E-state index contributed by atoms with van der Waals surface area (Å²) in [6, 6.07) is 6.39. The van der Waals surface area contributed by atoms with Gasteiger partial charge in [0.05, 0.1) is 11.0 Å². The van der Waals surface area contributed by atoms with Crippen LogP contribution in [0.15, 0.2) is 18.2 Å². The summed E-state index contributed by atoms with van der Waals surface area (Å²) in [7, 11) is 0. The van der Waals surface area contributed by atoms with Gasteiger partial charge in [0.25, 0.3) is 0 Å². The summed E-state index contributed by atoms with van der Waals surface area (Å²) in [6.07, 6.45) is 2.13. The maximum Gasteiger partial charge on any atom is 0.106 e. The Hall–Kier alpha value is -1.16. The molecule has 1 heterocycles. The van der Waals surface area contributed by atoms with Gasteiger partial charge in [0, 0.05) is 17.5 Å². The molecule has 4 heteroatoms. The fraction of sp³-hybridized carbons (Fsp3) is 0.417. The summed E-state index contributed by atoms with van der Waals surface area (Å²) >= 11 is 1.86. The lowest BCUT2D eigenvalue weighted by molar-refractivity contribution is 0.609. The lowest BCUT2D eigenvalue weighted by Crippen LogP contribution is -2.09. The summed E-state index contributed by atoms with van der Waals surface area (Å²) in [5, 5.41) is 0. The van der Waals surface area contributed by atoms with Gasteiger partial charge in [-0.1, -0.05) is 0 Å². The highest BCUT2D eigenvalue weighted by Crippen LogP contribution is 2.24. The van der Waals surface area contributed by atoms with E-state index in [4.69, 9.17) is 5.73 Å². The van der Waals surface area contributed by atoms with Gasteiger partial charge in [0.15, 0.2) is 0 Å². The van der Waals surface area contributed by atoms with E-state index in [0.717, 1.165) is 22.8 Å². The van der Waals surface area contributed by atoms with Crippen molar-refractivity contribution in [1.82, 2.24) is 9.55 Å². The average Bonchev–Trinajstić information content (AvgIpc) is 2.53. The summed E-state index contributed by atoms with van der Waals surface area (Å²) in [5.41, 5.74) is 8.70. The Labute approximate surface area is 100 Å². The van der Waals surface area contributed by atoms with Gasteiger partial charge >= 0.3 is 0 Å². The van der Waals surface area contributed by atoms with Crippen LogP contribution in [0, 0.1) is 6.92 Å². The van der Waals surface area contributed by atoms with Crippen LogP contribution in [0.5, 0.6) is 0 Å². The standard InChI is InChI=1S/C12H17N3S/c1-8(7-16-3)15-9(2)14-11-6-10(13)4-5-12(11)15/h4-6,8H,7,13H2,1-3H3. The zero-order valence-corrected chi connectivity index (χ0v) is 10.7. The van der Waals surface area contributed by atoms with Crippen molar-refractivity contribution in [3.63, 3.8) is 0 Å². The molecule has 1 aromatic heterocycles. The molecule has 0 saturated carbocycles. The molecule has 2 aromatic rings. The largest absolute Gasteiger partial charge is 0.399 e. The number of nitrogens with two attached hydrogens (primary N) is 1. The molecule has 0 aliphatic rings. The first kappa shape index (κ1) is 11.3. The van der Waals surface area contributed by atoms with E-state index in [2.05, 4.69) is 28.8 Å². The predicted octanol–water partition coefficient (Wildman–Crippen LogP) is 2.85. The van der Waals surface area contributed by atoms with Crippen LogP contribution in [0.1, 0.15) is 18.8 Å². The zero-order chi connectivity index (χ0) is 11.7. The van der Waals surface area contributed by atoms with Gasteiger partial charge in [-0.2, -0.15) is 11.8 Å². The third-order valence-corrected chi connectivity index (χ3v) is 3.55. The predicted molar refractivity (Wildman–Crippen MR) is 72.0 cm³/mol. The third kappa shape index (κ3) is 1.89. The number of imidazole rings is 1. The number of aryl methyl sites for hydroxylation is 1. The molecule has 3 nitrogen and oxygen atoms in total. The highest BCUT2D eigenvalue weighted by Gasteiger charge is 2.12. The van der Waals surface area contributed by atoms with Crippen molar-refractivity contribution in [3.8, 4) is 0 Å². The van der Waals surface area contributed by atoms with E-state index in [-0.39, 0.29) is 0 Å². The molecule has 1 atom stereocenters. The van der Waals surface area contributed by atoms with E-state index in [9.17, 15) is 0 Å². The third-order valence-electron chi connectivity index (χ3n) is 2.74. The number of aromatic nitrogens is 2. The highest BCUT2D eigenvalue weighted by molar-refractivity contribution is 7.98. The van der Waals surface area contributed by atoms with Crippen molar-refractivity contribution in [3.05, 3.63) is 24.0 Å². The SMILES string of the molecule is CSCC(C)n1c(C)nc2cc(N)ccc21. The van der Waals surface area contributed by atoms with E-state index in [1.54, 1.807) is 0 Å². The van der Waals surface area contributed by atoms with Crippen LogP contribution in [-0.2, 0) is 0 Å². The van der Waals surface area contributed by atoms with Crippen molar-refractivity contribution >= 4 is 28.5 Å². The summed E-state index contributed by atoms with van der Waals surface area (Å²) in [6.45, 7) is 4.27. The number of rotatable bonds is 3. The number of fused-ring (bicyclic) bond motifs is 1. The van der Waals surface area contributed by atoms with Crippen molar-refractivity contribution in [2.24, 2.45) is 0 Å². The van der Waals surface area contributed by atoms with Crippen LogP contribution in [0.2, 0.25) is 0 Å². The summed E-state index contributed by atoms with van der Waals surface area (Å²) < 4.78 is 2.28. The fourth-order valence-electron chi connectivity index (χ4n) is 2.11. The molecule has 0 aliphatic carbocycles. The monoisotopic (exact) mass is 235 g/mol. The van der Waals surface area contributed by atoms with Crippen molar-refractivity contribution in [2.75, 3.05) is 17.7 Å². The van der Waals surface area contributed by atoms with Crippen molar-refractivity contribution in [1.29, 1.82) is 0 Å². The van der Waals surface area contributed by atoms with Crippen LogP contribution in [0.25, 0.3) is 11.0 Å². The van der Waals surface area contributed by atoms with Gasteiger partial charge < -0.3 is 10.3 Å². The molecule has 0 spiro atoms. The van der Waals surface area contributed by atoms with Crippen molar-refractivity contribution < 1.29 is 0 Å². The molecule has 16 heavy (non-hydrogen) atoms. The van der Waals surface area contributed by atoms with E-state index >= 15 is 0 Å². The van der Waals surface area contributed by atoms with E-state index in [0.29, 0.717) is 6.04 Å². The van der Waals surface area contributed by atoms with Gasteiger partial charge in [-0.05, 0) is 38.3 Å². The maximum atomic E-state index is 5.76. The van der Waals surface area contributed by atoms with Gasteiger partial charge in [-0.15, -0.1) is 0 Å². The number of nitrogens with zero attached hydrogens (tertiary/aromatic N) is 2. The number of hydrogen-bond acceptors (Lipinski definition) is 3. The van der Waals surface area contributed by atoms with Crippen LogP contribution in [-0.4, -0.2) is 21.6 Å².